The van der Waals surface area contributed by atoms with Crippen LogP contribution in [0.3, 0.4) is 0 Å². The summed E-state index contributed by atoms with van der Waals surface area (Å²) in [5.41, 5.74) is 7.50. The zero-order valence-electron chi connectivity index (χ0n) is 12.2. The van der Waals surface area contributed by atoms with Gasteiger partial charge in [-0.2, -0.15) is 0 Å². The van der Waals surface area contributed by atoms with Crippen LogP contribution in [0.1, 0.15) is 13.3 Å². The molecule has 2 aromatic rings. The summed E-state index contributed by atoms with van der Waals surface area (Å²) in [5, 5.41) is 4.29. The molecule has 1 nitrogen and oxygen atoms in total. The minimum absolute atomic E-state index is 0.0937. The van der Waals surface area contributed by atoms with E-state index in [1.165, 1.54) is 21.5 Å². The van der Waals surface area contributed by atoms with Crippen LogP contribution < -0.4 is 16.3 Å². The molecule has 2 aromatic carbocycles. The van der Waals surface area contributed by atoms with Crippen LogP contribution in [0.5, 0.6) is 0 Å². The topological polar surface area (TPSA) is 26.0 Å². The van der Waals surface area contributed by atoms with Crippen molar-refractivity contribution in [2.75, 3.05) is 0 Å². The molecule has 0 saturated heterocycles. The van der Waals surface area contributed by atoms with Crippen molar-refractivity contribution >= 4 is 18.5 Å². The Kier molecular flexibility index (Phi) is 4.34. The van der Waals surface area contributed by atoms with Crippen molar-refractivity contribution in [3.05, 3.63) is 83.7 Å². The van der Waals surface area contributed by atoms with Gasteiger partial charge in [0, 0.05) is 6.04 Å². The van der Waals surface area contributed by atoms with Gasteiger partial charge in [-0.15, -0.1) is 0 Å². The van der Waals surface area contributed by atoms with Crippen LogP contribution in [-0.2, 0) is 0 Å². The van der Waals surface area contributed by atoms with E-state index in [0.717, 1.165) is 6.42 Å². The van der Waals surface area contributed by atoms with Gasteiger partial charge in [-0.25, -0.2) is 0 Å². The lowest BCUT2D eigenvalue weighted by atomic mass is 10.1. The van der Waals surface area contributed by atoms with Crippen molar-refractivity contribution in [3.63, 3.8) is 0 Å². The minimum atomic E-state index is -0.487. The summed E-state index contributed by atoms with van der Waals surface area (Å²) >= 11 is 0. The molecule has 2 heteroatoms. The predicted molar refractivity (Wildman–Crippen MR) is 93.5 cm³/mol. The summed E-state index contributed by atoms with van der Waals surface area (Å²) in [5.74, 6) is 0. The quantitative estimate of drug-likeness (QED) is 0.855. The van der Waals surface area contributed by atoms with E-state index in [1.807, 2.05) is 0 Å². The number of rotatable bonds is 4. The minimum Gasteiger partial charge on any atom is -0.324 e. The van der Waals surface area contributed by atoms with Gasteiger partial charge in [-0.1, -0.05) is 72.8 Å². The molecule has 1 aliphatic carbocycles. The molecular weight excluding hydrogens is 273 g/mol. The van der Waals surface area contributed by atoms with E-state index < -0.39 is 7.92 Å². The van der Waals surface area contributed by atoms with Gasteiger partial charge < -0.3 is 5.73 Å². The van der Waals surface area contributed by atoms with E-state index in [-0.39, 0.29) is 6.04 Å². The maximum atomic E-state index is 6.18. The third-order valence-electron chi connectivity index (χ3n) is 3.73. The summed E-state index contributed by atoms with van der Waals surface area (Å²) in [4.78, 5) is 0. The Bertz CT molecular complexity index is 617. The van der Waals surface area contributed by atoms with Gasteiger partial charge in [0.25, 0.3) is 0 Å². The lowest BCUT2D eigenvalue weighted by Crippen LogP contribution is -2.20. The fourth-order valence-electron chi connectivity index (χ4n) is 2.76. The zero-order chi connectivity index (χ0) is 14.7. The molecule has 0 radical (unpaired) electrons. The van der Waals surface area contributed by atoms with Crippen LogP contribution in [0, 0.1) is 0 Å². The molecule has 0 spiro atoms. The molecule has 0 aromatic heterocycles. The van der Waals surface area contributed by atoms with E-state index in [1.54, 1.807) is 0 Å². The first kappa shape index (κ1) is 14.3. The second kappa shape index (κ2) is 6.39. The molecule has 3 rings (SSSR count). The Labute approximate surface area is 127 Å². The van der Waals surface area contributed by atoms with Crippen molar-refractivity contribution in [1.29, 1.82) is 0 Å². The van der Waals surface area contributed by atoms with Gasteiger partial charge in [-0.3, -0.25) is 0 Å². The van der Waals surface area contributed by atoms with E-state index in [4.69, 9.17) is 5.73 Å². The molecule has 0 amide bonds. The van der Waals surface area contributed by atoms with E-state index in [0.29, 0.717) is 0 Å². The van der Waals surface area contributed by atoms with Crippen molar-refractivity contribution in [2.45, 2.75) is 19.4 Å². The van der Waals surface area contributed by atoms with E-state index in [9.17, 15) is 0 Å². The number of benzene rings is 2. The number of hydrogen-bond donors (Lipinski definition) is 1. The summed E-state index contributed by atoms with van der Waals surface area (Å²) < 4.78 is 0. The van der Waals surface area contributed by atoms with Crippen LogP contribution in [0.15, 0.2) is 83.7 Å². The van der Waals surface area contributed by atoms with Gasteiger partial charge in [0.15, 0.2) is 0 Å². The van der Waals surface area contributed by atoms with Gasteiger partial charge in [0.05, 0.1) is 0 Å². The molecule has 106 valence electrons. The van der Waals surface area contributed by atoms with Gasteiger partial charge in [-0.05, 0) is 42.8 Å². The van der Waals surface area contributed by atoms with E-state index >= 15 is 0 Å². The largest absolute Gasteiger partial charge is 0.324 e. The summed E-state index contributed by atoms with van der Waals surface area (Å²) in [7, 11) is -0.487. The molecular formula is C19H20NP. The first-order chi connectivity index (χ1) is 10.3. The predicted octanol–water partition coefficient (Wildman–Crippen LogP) is 3.68. The Hall–Kier alpha value is -1.69. The zero-order valence-corrected chi connectivity index (χ0v) is 13.1. The fourth-order valence-corrected chi connectivity index (χ4v) is 5.45. The van der Waals surface area contributed by atoms with Gasteiger partial charge in [0.1, 0.15) is 0 Å². The molecule has 0 bridgehead atoms. The van der Waals surface area contributed by atoms with Crippen molar-refractivity contribution in [3.8, 4) is 0 Å². The van der Waals surface area contributed by atoms with Crippen LogP contribution in [0.2, 0.25) is 0 Å². The first-order valence-electron chi connectivity index (χ1n) is 7.33. The van der Waals surface area contributed by atoms with Crippen molar-refractivity contribution in [1.82, 2.24) is 0 Å². The van der Waals surface area contributed by atoms with Crippen LogP contribution in [0.25, 0.3) is 0 Å². The van der Waals surface area contributed by atoms with Crippen LogP contribution >= 0.6 is 7.92 Å². The molecule has 1 unspecified atom stereocenters. The highest BCUT2D eigenvalue weighted by molar-refractivity contribution is 7.76. The summed E-state index contributed by atoms with van der Waals surface area (Å²) in [6, 6.07) is 21.7. The number of hydrogen-bond acceptors (Lipinski definition) is 1. The normalized spacial score (nSPS) is 15.8. The molecule has 0 fully saturated rings. The lowest BCUT2D eigenvalue weighted by Gasteiger charge is -2.23. The maximum Gasteiger partial charge on any atom is 0.0269 e. The van der Waals surface area contributed by atoms with E-state index in [2.05, 4.69) is 79.7 Å². The molecule has 1 atom stereocenters. The Morgan fingerprint density at radius 1 is 0.905 bits per heavy atom. The molecule has 0 heterocycles. The second-order valence-corrected chi connectivity index (χ2v) is 7.55. The molecule has 2 N–H and O–H groups in total. The Morgan fingerprint density at radius 3 is 1.90 bits per heavy atom. The number of nitrogens with two attached hydrogens (primary N) is 1. The van der Waals surface area contributed by atoms with Gasteiger partial charge in [0.2, 0.25) is 0 Å². The highest BCUT2D eigenvalue weighted by Gasteiger charge is 2.23. The SMILES string of the molecule is CC(N)C1=C(P(c2ccccc2)c2ccccc2)CC=C1. The monoisotopic (exact) mass is 293 g/mol. The molecule has 1 aliphatic rings. The highest BCUT2D eigenvalue weighted by atomic mass is 31.1. The maximum absolute atomic E-state index is 6.18. The summed E-state index contributed by atoms with van der Waals surface area (Å²) in [6.07, 6.45) is 5.48. The smallest absolute Gasteiger partial charge is 0.0269 e. The van der Waals surface area contributed by atoms with Gasteiger partial charge >= 0.3 is 0 Å². The fraction of sp³-hybridized carbons (Fsp3) is 0.158. The third-order valence-corrected chi connectivity index (χ3v) is 6.34. The van der Waals surface area contributed by atoms with Crippen LogP contribution in [-0.4, -0.2) is 6.04 Å². The molecule has 0 saturated carbocycles. The third kappa shape index (κ3) is 3.00. The molecule has 21 heavy (non-hydrogen) atoms. The average Bonchev–Trinajstić information content (AvgIpc) is 2.99. The lowest BCUT2D eigenvalue weighted by molar-refractivity contribution is 0.884. The Balaban J connectivity index is 2.12. The van der Waals surface area contributed by atoms with Crippen LogP contribution in [0.4, 0.5) is 0 Å². The second-order valence-electron chi connectivity index (χ2n) is 5.30. The average molecular weight is 293 g/mol. The first-order valence-corrected chi connectivity index (χ1v) is 8.67. The Morgan fingerprint density at radius 2 is 1.43 bits per heavy atom. The molecule has 0 aliphatic heterocycles. The summed E-state index contributed by atoms with van der Waals surface area (Å²) in [6.45, 7) is 2.08. The highest BCUT2D eigenvalue weighted by Crippen LogP contribution is 2.49. The van der Waals surface area contributed by atoms with Crippen molar-refractivity contribution in [2.24, 2.45) is 5.73 Å². The van der Waals surface area contributed by atoms with Crippen molar-refractivity contribution < 1.29 is 0 Å². The standard InChI is InChI=1S/C19H20NP/c1-15(20)18-13-8-14-19(18)21(16-9-4-2-5-10-16)17-11-6-3-7-12-17/h2-13,15H,14,20H2,1H3. The number of allylic oxidation sites excluding steroid dienone is 2.